The molecule has 1 N–H and O–H groups in total. The Labute approximate surface area is 107 Å². The summed E-state index contributed by atoms with van der Waals surface area (Å²) in [5, 5.41) is 8.87. The average molecular weight is 253 g/mol. The lowest BCUT2D eigenvalue weighted by Crippen LogP contribution is -2.25. The van der Waals surface area contributed by atoms with Crippen molar-refractivity contribution in [1.29, 1.82) is 0 Å². The summed E-state index contributed by atoms with van der Waals surface area (Å²) in [6, 6.07) is 3.07. The van der Waals surface area contributed by atoms with Crippen molar-refractivity contribution in [2.45, 2.75) is 32.8 Å². The molecule has 0 aliphatic rings. The van der Waals surface area contributed by atoms with Gasteiger partial charge in [0.1, 0.15) is 0 Å². The number of ether oxygens (including phenoxy) is 2. The van der Waals surface area contributed by atoms with Crippen LogP contribution in [-0.4, -0.2) is 35.4 Å². The minimum atomic E-state index is -0.980. The topological polar surface area (TPSA) is 68.7 Å². The monoisotopic (exact) mass is 253 g/mol. The highest BCUT2D eigenvalue weighted by molar-refractivity contribution is 5.88. The molecule has 0 aromatic carbocycles. The molecule has 0 unspecified atom stereocenters. The normalized spacial score (nSPS) is 11.3. The number of hydrogen-bond acceptors (Lipinski definition) is 4. The Bertz CT molecular complexity index is 429. The Kier molecular flexibility index (Phi) is 4.67. The van der Waals surface area contributed by atoms with Crippen molar-refractivity contribution in [3.8, 4) is 5.88 Å². The number of nitrogens with zero attached hydrogens (tertiary/aromatic N) is 1. The van der Waals surface area contributed by atoms with Crippen LogP contribution in [0.1, 0.15) is 36.3 Å². The van der Waals surface area contributed by atoms with Crippen LogP contribution >= 0.6 is 0 Å². The summed E-state index contributed by atoms with van der Waals surface area (Å²) in [5.74, 6) is -0.545. The second kappa shape index (κ2) is 5.82. The molecule has 0 bridgehead atoms. The van der Waals surface area contributed by atoms with Gasteiger partial charge in [0.2, 0.25) is 5.88 Å². The number of rotatable bonds is 6. The van der Waals surface area contributed by atoms with Crippen LogP contribution in [0.15, 0.2) is 12.1 Å². The largest absolute Gasteiger partial charge is 0.478 e. The van der Waals surface area contributed by atoms with Crippen LogP contribution < -0.4 is 4.74 Å². The van der Waals surface area contributed by atoms with E-state index in [0.717, 1.165) is 6.42 Å². The highest BCUT2D eigenvalue weighted by Gasteiger charge is 2.16. The maximum atomic E-state index is 10.8. The summed E-state index contributed by atoms with van der Waals surface area (Å²) < 4.78 is 10.7. The second-order valence-electron chi connectivity index (χ2n) is 4.65. The first kappa shape index (κ1) is 14.4. The first-order chi connectivity index (χ1) is 8.35. The summed E-state index contributed by atoms with van der Waals surface area (Å²) in [5.41, 5.74) is 0.404. The molecule has 0 fully saturated rings. The van der Waals surface area contributed by atoms with Gasteiger partial charge in [-0.25, -0.2) is 9.78 Å². The quantitative estimate of drug-likeness (QED) is 0.842. The van der Waals surface area contributed by atoms with Gasteiger partial charge in [-0.2, -0.15) is 0 Å². The third-order valence-corrected chi connectivity index (χ3v) is 2.80. The van der Waals surface area contributed by atoms with E-state index in [1.165, 1.54) is 6.07 Å². The molecule has 100 valence electrons. The summed E-state index contributed by atoms with van der Waals surface area (Å²) >= 11 is 0. The van der Waals surface area contributed by atoms with E-state index >= 15 is 0 Å². The maximum Gasteiger partial charge on any atom is 0.337 e. The molecule has 1 aromatic rings. The summed E-state index contributed by atoms with van der Waals surface area (Å²) in [7, 11) is 1.66. The summed E-state index contributed by atoms with van der Waals surface area (Å²) in [6.07, 6.45) is 0.727. The standard InChI is InChI=1S/C13H19NO4/c1-9-10(12(15)16)5-6-11(14-9)18-8-7-13(2,3)17-4/h5-6H,7-8H2,1-4H3,(H,15,16). The second-order valence-corrected chi connectivity index (χ2v) is 4.65. The number of hydrogen-bond donors (Lipinski definition) is 1. The van der Waals surface area contributed by atoms with Crippen LogP contribution in [0.25, 0.3) is 0 Å². The maximum absolute atomic E-state index is 10.8. The third kappa shape index (κ3) is 4.00. The molecule has 5 heteroatoms. The Morgan fingerprint density at radius 1 is 1.44 bits per heavy atom. The van der Waals surface area contributed by atoms with Gasteiger partial charge in [-0.15, -0.1) is 0 Å². The number of methoxy groups -OCH3 is 1. The molecular weight excluding hydrogens is 234 g/mol. The van der Waals surface area contributed by atoms with Crippen molar-refractivity contribution >= 4 is 5.97 Å². The van der Waals surface area contributed by atoms with Gasteiger partial charge in [0.25, 0.3) is 0 Å². The van der Waals surface area contributed by atoms with Gasteiger partial charge in [0.05, 0.1) is 23.5 Å². The first-order valence-corrected chi connectivity index (χ1v) is 5.74. The molecule has 0 atom stereocenters. The molecule has 18 heavy (non-hydrogen) atoms. The van der Waals surface area contributed by atoms with E-state index in [4.69, 9.17) is 14.6 Å². The predicted molar refractivity (Wildman–Crippen MR) is 67.1 cm³/mol. The van der Waals surface area contributed by atoms with Gasteiger partial charge in [-0.1, -0.05) is 0 Å². The van der Waals surface area contributed by atoms with Crippen molar-refractivity contribution in [2.75, 3.05) is 13.7 Å². The van der Waals surface area contributed by atoms with Crippen molar-refractivity contribution < 1.29 is 19.4 Å². The number of carboxylic acids is 1. The number of carbonyl (C=O) groups is 1. The molecule has 0 saturated heterocycles. The Hall–Kier alpha value is -1.62. The zero-order chi connectivity index (χ0) is 13.8. The SMILES string of the molecule is COC(C)(C)CCOc1ccc(C(=O)O)c(C)n1. The average Bonchev–Trinajstić information content (AvgIpc) is 2.28. The Morgan fingerprint density at radius 2 is 2.11 bits per heavy atom. The lowest BCUT2D eigenvalue weighted by molar-refractivity contribution is 0.00508. The number of pyridine rings is 1. The number of aryl methyl sites for hydroxylation is 1. The molecule has 1 rings (SSSR count). The van der Waals surface area contributed by atoms with Gasteiger partial charge in [-0.3, -0.25) is 0 Å². The minimum Gasteiger partial charge on any atom is -0.478 e. The van der Waals surface area contributed by atoms with Crippen LogP contribution in [0, 0.1) is 6.92 Å². The molecule has 5 nitrogen and oxygen atoms in total. The zero-order valence-corrected chi connectivity index (χ0v) is 11.2. The van der Waals surface area contributed by atoms with Gasteiger partial charge < -0.3 is 14.6 Å². The van der Waals surface area contributed by atoms with E-state index in [0.29, 0.717) is 18.2 Å². The van der Waals surface area contributed by atoms with Crippen molar-refractivity contribution in [1.82, 2.24) is 4.98 Å². The molecule has 0 aliphatic carbocycles. The van der Waals surface area contributed by atoms with Crippen LogP contribution in [0.4, 0.5) is 0 Å². The lowest BCUT2D eigenvalue weighted by Gasteiger charge is -2.22. The van der Waals surface area contributed by atoms with Crippen molar-refractivity contribution in [2.24, 2.45) is 0 Å². The van der Waals surface area contributed by atoms with Gasteiger partial charge in [0.15, 0.2) is 0 Å². The van der Waals surface area contributed by atoms with Crippen LogP contribution in [-0.2, 0) is 4.74 Å². The first-order valence-electron chi connectivity index (χ1n) is 5.74. The highest BCUT2D eigenvalue weighted by Crippen LogP contribution is 2.16. The minimum absolute atomic E-state index is 0.194. The molecular formula is C13H19NO4. The van der Waals surface area contributed by atoms with E-state index in [-0.39, 0.29) is 11.2 Å². The molecule has 1 heterocycles. The summed E-state index contributed by atoms with van der Waals surface area (Å²) in [6.45, 7) is 6.07. The van der Waals surface area contributed by atoms with E-state index in [1.807, 2.05) is 13.8 Å². The van der Waals surface area contributed by atoms with Gasteiger partial charge in [-0.05, 0) is 26.8 Å². The predicted octanol–water partition coefficient (Wildman–Crippen LogP) is 2.28. The number of carboxylic acid groups (broad SMARTS) is 1. The third-order valence-electron chi connectivity index (χ3n) is 2.80. The highest BCUT2D eigenvalue weighted by atomic mass is 16.5. The molecule has 0 radical (unpaired) electrons. The Balaban J connectivity index is 2.59. The van der Waals surface area contributed by atoms with E-state index in [2.05, 4.69) is 4.98 Å². The fourth-order valence-electron chi connectivity index (χ4n) is 1.35. The van der Waals surface area contributed by atoms with Crippen molar-refractivity contribution in [3.63, 3.8) is 0 Å². The van der Waals surface area contributed by atoms with E-state index in [9.17, 15) is 4.79 Å². The fraction of sp³-hybridized carbons (Fsp3) is 0.538. The lowest BCUT2D eigenvalue weighted by atomic mass is 10.1. The zero-order valence-electron chi connectivity index (χ0n) is 11.2. The van der Waals surface area contributed by atoms with Gasteiger partial charge >= 0.3 is 5.97 Å². The molecule has 0 aliphatic heterocycles. The Morgan fingerprint density at radius 3 is 2.61 bits per heavy atom. The number of aromatic carboxylic acids is 1. The van der Waals surface area contributed by atoms with Crippen LogP contribution in [0.5, 0.6) is 5.88 Å². The fourth-order valence-corrected chi connectivity index (χ4v) is 1.35. The van der Waals surface area contributed by atoms with Crippen molar-refractivity contribution in [3.05, 3.63) is 23.4 Å². The molecule has 0 amide bonds. The molecule has 1 aromatic heterocycles. The number of aromatic nitrogens is 1. The van der Waals surface area contributed by atoms with E-state index in [1.54, 1.807) is 20.1 Å². The van der Waals surface area contributed by atoms with E-state index < -0.39 is 5.97 Å². The molecule has 0 saturated carbocycles. The smallest absolute Gasteiger partial charge is 0.337 e. The van der Waals surface area contributed by atoms with Gasteiger partial charge in [0, 0.05) is 19.6 Å². The van der Waals surface area contributed by atoms with Crippen LogP contribution in [0.3, 0.4) is 0 Å². The van der Waals surface area contributed by atoms with Crippen LogP contribution in [0.2, 0.25) is 0 Å². The summed E-state index contributed by atoms with van der Waals surface area (Å²) in [4.78, 5) is 14.9. The molecule has 0 spiro atoms.